The fourth-order valence-corrected chi connectivity index (χ4v) is 4.01. The van der Waals surface area contributed by atoms with Gasteiger partial charge in [0, 0.05) is 13.1 Å². The van der Waals surface area contributed by atoms with Crippen molar-refractivity contribution in [2.24, 2.45) is 0 Å². The number of aromatic nitrogens is 2. The minimum absolute atomic E-state index is 0.0971. The second kappa shape index (κ2) is 8.95. The molecule has 1 saturated heterocycles. The van der Waals surface area contributed by atoms with E-state index in [0.717, 1.165) is 48.7 Å². The van der Waals surface area contributed by atoms with Crippen LogP contribution >= 0.6 is 0 Å². The molecule has 0 saturated carbocycles. The molecule has 0 unspecified atom stereocenters. The van der Waals surface area contributed by atoms with Gasteiger partial charge in [-0.3, -0.25) is 4.79 Å². The van der Waals surface area contributed by atoms with Gasteiger partial charge >= 0.3 is 0 Å². The summed E-state index contributed by atoms with van der Waals surface area (Å²) >= 11 is 0. The number of hydrogen-bond donors (Lipinski definition) is 1. The molecule has 0 aliphatic carbocycles. The van der Waals surface area contributed by atoms with Crippen molar-refractivity contribution in [1.29, 1.82) is 0 Å². The average molecular weight is 389 g/mol. The van der Waals surface area contributed by atoms with Crippen molar-refractivity contribution in [2.75, 3.05) is 23.3 Å². The van der Waals surface area contributed by atoms with E-state index < -0.39 is 0 Å². The van der Waals surface area contributed by atoms with Crippen LogP contribution in [0.2, 0.25) is 0 Å². The minimum Gasteiger partial charge on any atom is -0.370 e. The Bertz CT molecular complexity index is 958. The standard InChI is InChI=1S/C24H28N4O/c1-2-11-22-20(18-25-28(22)19-12-5-3-6-13-19)24(29)26-21-14-7-8-15-23(21)27-16-9-4-10-17-27/h3,5-8,12-15,18H,2,4,9-11,16-17H2,1H3,(H,26,29). The summed E-state index contributed by atoms with van der Waals surface area (Å²) in [6.45, 7) is 4.20. The lowest BCUT2D eigenvalue weighted by atomic mass is 10.1. The molecule has 2 aromatic carbocycles. The van der Waals surface area contributed by atoms with E-state index in [1.54, 1.807) is 6.20 Å². The summed E-state index contributed by atoms with van der Waals surface area (Å²) in [6, 6.07) is 18.1. The van der Waals surface area contributed by atoms with Gasteiger partial charge in [0.1, 0.15) is 0 Å². The van der Waals surface area contributed by atoms with Gasteiger partial charge in [0.15, 0.2) is 0 Å². The topological polar surface area (TPSA) is 50.2 Å². The first kappa shape index (κ1) is 19.2. The van der Waals surface area contributed by atoms with Crippen molar-refractivity contribution in [2.45, 2.75) is 39.0 Å². The molecule has 2 heterocycles. The highest BCUT2D eigenvalue weighted by Gasteiger charge is 2.20. The van der Waals surface area contributed by atoms with Gasteiger partial charge in [-0.2, -0.15) is 5.10 Å². The van der Waals surface area contributed by atoms with Crippen molar-refractivity contribution >= 4 is 17.3 Å². The van der Waals surface area contributed by atoms with Crippen LogP contribution in [0.25, 0.3) is 5.69 Å². The predicted molar refractivity (Wildman–Crippen MR) is 118 cm³/mol. The number of benzene rings is 2. The number of hydrogen-bond acceptors (Lipinski definition) is 3. The van der Waals surface area contributed by atoms with E-state index in [0.29, 0.717) is 5.56 Å². The molecule has 0 spiro atoms. The zero-order valence-corrected chi connectivity index (χ0v) is 17.0. The van der Waals surface area contributed by atoms with Crippen LogP contribution in [-0.2, 0) is 6.42 Å². The summed E-state index contributed by atoms with van der Waals surface area (Å²) in [4.78, 5) is 15.6. The molecule has 3 aromatic rings. The number of carbonyl (C=O) groups is 1. The smallest absolute Gasteiger partial charge is 0.259 e. The third-order valence-electron chi connectivity index (χ3n) is 5.45. The van der Waals surface area contributed by atoms with E-state index in [1.807, 2.05) is 53.2 Å². The van der Waals surface area contributed by atoms with Crippen molar-refractivity contribution < 1.29 is 4.79 Å². The van der Waals surface area contributed by atoms with Crippen LogP contribution in [0, 0.1) is 0 Å². The Morgan fingerprint density at radius 3 is 2.48 bits per heavy atom. The highest BCUT2D eigenvalue weighted by Crippen LogP contribution is 2.29. The molecule has 0 radical (unpaired) electrons. The van der Waals surface area contributed by atoms with Crippen LogP contribution in [0.1, 0.15) is 48.7 Å². The molecule has 1 aromatic heterocycles. The summed E-state index contributed by atoms with van der Waals surface area (Å²) in [7, 11) is 0. The maximum absolute atomic E-state index is 13.2. The van der Waals surface area contributed by atoms with E-state index in [1.165, 1.54) is 19.3 Å². The van der Waals surface area contributed by atoms with E-state index in [9.17, 15) is 4.79 Å². The average Bonchev–Trinajstić information content (AvgIpc) is 3.19. The monoisotopic (exact) mass is 388 g/mol. The zero-order valence-electron chi connectivity index (χ0n) is 17.0. The Kier molecular flexibility index (Phi) is 5.94. The Hall–Kier alpha value is -3.08. The first-order valence-corrected chi connectivity index (χ1v) is 10.6. The van der Waals surface area contributed by atoms with E-state index in [2.05, 4.69) is 28.3 Å². The molecule has 5 heteroatoms. The van der Waals surface area contributed by atoms with E-state index >= 15 is 0 Å². The van der Waals surface area contributed by atoms with Crippen molar-refractivity contribution in [3.05, 3.63) is 72.1 Å². The van der Waals surface area contributed by atoms with Crippen molar-refractivity contribution in [3.63, 3.8) is 0 Å². The molecule has 4 rings (SSSR count). The van der Waals surface area contributed by atoms with Crippen molar-refractivity contribution in [3.8, 4) is 5.69 Å². The van der Waals surface area contributed by atoms with Gasteiger partial charge < -0.3 is 10.2 Å². The quantitative estimate of drug-likeness (QED) is 0.642. The first-order chi connectivity index (χ1) is 14.3. The van der Waals surface area contributed by atoms with Crippen LogP contribution in [0.4, 0.5) is 11.4 Å². The molecule has 1 aliphatic rings. The number of anilines is 2. The van der Waals surface area contributed by atoms with E-state index in [4.69, 9.17) is 0 Å². The lowest BCUT2D eigenvalue weighted by Crippen LogP contribution is -2.30. The van der Waals surface area contributed by atoms with Crippen LogP contribution in [0.5, 0.6) is 0 Å². The van der Waals surface area contributed by atoms with Gasteiger partial charge in [-0.05, 0) is 49.9 Å². The van der Waals surface area contributed by atoms with E-state index in [-0.39, 0.29) is 5.91 Å². The van der Waals surface area contributed by atoms with Gasteiger partial charge in [0.2, 0.25) is 0 Å². The van der Waals surface area contributed by atoms with Crippen LogP contribution in [-0.4, -0.2) is 28.8 Å². The highest BCUT2D eigenvalue weighted by atomic mass is 16.1. The van der Waals surface area contributed by atoms with Crippen LogP contribution in [0.15, 0.2) is 60.8 Å². The number of para-hydroxylation sites is 3. The van der Waals surface area contributed by atoms with Crippen LogP contribution in [0.3, 0.4) is 0 Å². The third kappa shape index (κ3) is 4.19. The molecule has 29 heavy (non-hydrogen) atoms. The van der Waals surface area contributed by atoms with Gasteiger partial charge in [-0.15, -0.1) is 0 Å². The summed E-state index contributed by atoms with van der Waals surface area (Å²) in [6.07, 6.45) is 7.12. The number of carbonyl (C=O) groups excluding carboxylic acids is 1. The molecule has 0 bridgehead atoms. The summed E-state index contributed by atoms with van der Waals surface area (Å²) < 4.78 is 1.88. The molecular formula is C24H28N4O. The number of amides is 1. The summed E-state index contributed by atoms with van der Waals surface area (Å²) in [5, 5.41) is 7.68. The number of rotatable bonds is 6. The Labute approximate surface area is 172 Å². The molecular weight excluding hydrogens is 360 g/mol. The zero-order chi connectivity index (χ0) is 20.1. The number of piperidine rings is 1. The fraction of sp³-hybridized carbons (Fsp3) is 0.333. The molecule has 150 valence electrons. The second-order valence-corrected chi connectivity index (χ2v) is 7.52. The summed E-state index contributed by atoms with van der Waals surface area (Å²) in [5.74, 6) is -0.0971. The lowest BCUT2D eigenvalue weighted by molar-refractivity contribution is 0.102. The first-order valence-electron chi connectivity index (χ1n) is 10.6. The Balaban J connectivity index is 1.62. The van der Waals surface area contributed by atoms with Gasteiger partial charge in [0.05, 0.1) is 34.5 Å². The third-order valence-corrected chi connectivity index (χ3v) is 5.45. The fourth-order valence-electron chi connectivity index (χ4n) is 4.01. The molecule has 1 amide bonds. The lowest BCUT2D eigenvalue weighted by Gasteiger charge is -2.30. The van der Waals surface area contributed by atoms with Gasteiger partial charge in [-0.1, -0.05) is 43.7 Å². The number of nitrogens with zero attached hydrogens (tertiary/aromatic N) is 3. The predicted octanol–water partition coefficient (Wildman–Crippen LogP) is 5.07. The van der Waals surface area contributed by atoms with Gasteiger partial charge in [-0.25, -0.2) is 4.68 Å². The maximum Gasteiger partial charge on any atom is 0.259 e. The van der Waals surface area contributed by atoms with Crippen LogP contribution < -0.4 is 10.2 Å². The highest BCUT2D eigenvalue weighted by molar-refractivity contribution is 6.06. The van der Waals surface area contributed by atoms with Gasteiger partial charge in [0.25, 0.3) is 5.91 Å². The summed E-state index contributed by atoms with van der Waals surface area (Å²) in [5.41, 5.74) is 4.54. The maximum atomic E-state index is 13.2. The molecule has 0 atom stereocenters. The molecule has 5 nitrogen and oxygen atoms in total. The largest absolute Gasteiger partial charge is 0.370 e. The minimum atomic E-state index is -0.0971. The Morgan fingerprint density at radius 1 is 1.00 bits per heavy atom. The Morgan fingerprint density at radius 2 is 1.72 bits per heavy atom. The molecule has 1 aliphatic heterocycles. The van der Waals surface area contributed by atoms with Crippen molar-refractivity contribution in [1.82, 2.24) is 9.78 Å². The SMILES string of the molecule is CCCc1c(C(=O)Nc2ccccc2N2CCCCC2)cnn1-c1ccccc1. The molecule has 1 N–H and O–H groups in total. The normalized spacial score (nSPS) is 14.0. The molecule has 1 fully saturated rings. The second-order valence-electron chi connectivity index (χ2n) is 7.52. The number of nitrogens with one attached hydrogen (secondary N) is 1.